The first-order valence-electron chi connectivity index (χ1n) is 6.36. The largest absolute Gasteiger partial charge is 0.401 e. The summed E-state index contributed by atoms with van der Waals surface area (Å²) in [4.78, 5) is 1.34. The minimum absolute atomic E-state index is 0.153. The molecule has 5 heteroatoms. The molecule has 0 spiro atoms. The Hall–Kier alpha value is -0.290. The van der Waals surface area contributed by atoms with Crippen molar-refractivity contribution in [2.75, 3.05) is 19.6 Å². The fourth-order valence-electron chi connectivity index (χ4n) is 2.57. The van der Waals surface area contributed by atoms with Gasteiger partial charge in [0.05, 0.1) is 12.1 Å². The number of rotatable bonds is 5. The molecule has 1 rings (SSSR count). The Bertz CT molecular complexity index is 224. The minimum atomic E-state index is -4.18. The summed E-state index contributed by atoms with van der Waals surface area (Å²) in [6.45, 7) is 1.49. The second-order valence-electron chi connectivity index (χ2n) is 5.11. The normalized spacial score (nSPS) is 20.8. The Morgan fingerprint density at radius 2 is 1.76 bits per heavy atom. The molecule has 1 aliphatic carbocycles. The van der Waals surface area contributed by atoms with Crippen LogP contribution in [0, 0.1) is 0 Å². The summed E-state index contributed by atoms with van der Waals surface area (Å²) >= 11 is 0. The number of halogens is 3. The average Bonchev–Trinajstić information content (AvgIpc) is 2.15. The maximum atomic E-state index is 12.4. The lowest BCUT2D eigenvalue weighted by Crippen LogP contribution is -2.47. The van der Waals surface area contributed by atoms with Crippen LogP contribution in [0.25, 0.3) is 0 Å². The number of aliphatic hydroxyl groups is 1. The van der Waals surface area contributed by atoms with Gasteiger partial charge in [-0.1, -0.05) is 26.2 Å². The van der Waals surface area contributed by atoms with Crippen molar-refractivity contribution in [1.29, 1.82) is 0 Å². The van der Waals surface area contributed by atoms with Crippen LogP contribution in [0.3, 0.4) is 0 Å². The van der Waals surface area contributed by atoms with Crippen LogP contribution in [-0.2, 0) is 0 Å². The highest BCUT2D eigenvalue weighted by Crippen LogP contribution is 2.29. The van der Waals surface area contributed by atoms with E-state index in [1.165, 1.54) is 4.90 Å². The quantitative estimate of drug-likeness (QED) is 0.814. The van der Waals surface area contributed by atoms with Gasteiger partial charge in [-0.2, -0.15) is 13.2 Å². The van der Waals surface area contributed by atoms with Crippen LogP contribution in [0.2, 0.25) is 0 Å². The Morgan fingerprint density at radius 1 is 1.18 bits per heavy atom. The molecule has 0 amide bonds. The van der Waals surface area contributed by atoms with Crippen molar-refractivity contribution in [1.82, 2.24) is 4.90 Å². The Balaban J connectivity index is 2.52. The average molecular weight is 253 g/mol. The third kappa shape index (κ3) is 5.73. The molecule has 0 radical (unpaired) electrons. The molecule has 0 aliphatic heterocycles. The molecule has 0 atom stereocenters. The van der Waals surface area contributed by atoms with Gasteiger partial charge in [0.25, 0.3) is 0 Å². The molecule has 0 aromatic rings. The molecule has 1 fully saturated rings. The van der Waals surface area contributed by atoms with E-state index in [-0.39, 0.29) is 6.54 Å². The highest BCUT2D eigenvalue weighted by Gasteiger charge is 2.36. The maximum absolute atomic E-state index is 12.4. The molecule has 0 saturated heterocycles. The van der Waals surface area contributed by atoms with Crippen molar-refractivity contribution < 1.29 is 18.3 Å². The summed E-state index contributed by atoms with van der Waals surface area (Å²) in [6, 6.07) is 0. The number of hydrogen-bond acceptors (Lipinski definition) is 2. The summed E-state index contributed by atoms with van der Waals surface area (Å²) < 4.78 is 37.2. The van der Waals surface area contributed by atoms with E-state index >= 15 is 0 Å². The molecule has 2 nitrogen and oxygen atoms in total. The molecule has 1 N–H and O–H groups in total. The van der Waals surface area contributed by atoms with Gasteiger partial charge in [0.2, 0.25) is 0 Å². The molecular weight excluding hydrogens is 231 g/mol. The van der Waals surface area contributed by atoms with E-state index in [1.807, 2.05) is 6.92 Å². The predicted molar refractivity (Wildman–Crippen MR) is 60.8 cm³/mol. The first-order chi connectivity index (χ1) is 7.85. The number of alkyl halides is 3. The lowest BCUT2D eigenvalue weighted by Gasteiger charge is -2.37. The molecule has 0 aromatic heterocycles. The minimum Gasteiger partial charge on any atom is -0.389 e. The monoisotopic (exact) mass is 253 g/mol. The van der Waals surface area contributed by atoms with E-state index in [9.17, 15) is 18.3 Å². The van der Waals surface area contributed by atoms with Gasteiger partial charge in [0, 0.05) is 6.54 Å². The summed E-state index contributed by atoms with van der Waals surface area (Å²) in [5.74, 6) is 0. The van der Waals surface area contributed by atoms with Gasteiger partial charge in [-0.25, -0.2) is 0 Å². The van der Waals surface area contributed by atoms with Crippen molar-refractivity contribution in [3.63, 3.8) is 0 Å². The van der Waals surface area contributed by atoms with Crippen molar-refractivity contribution in [3.8, 4) is 0 Å². The van der Waals surface area contributed by atoms with E-state index < -0.39 is 18.3 Å². The lowest BCUT2D eigenvalue weighted by molar-refractivity contribution is -0.154. The van der Waals surface area contributed by atoms with Crippen LogP contribution < -0.4 is 0 Å². The second kappa shape index (κ2) is 6.05. The van der Waals surface area contributed by atoms with Crippen LogP contribution in [0.1, 0.15) is 45.4 Å². The van der Waals surface area contributed by atoms with Gasteiger partial charge in [-0.15, -0.1) is 0 Å². The van der Waals surface area contributed by atoms with Gasteiger partial charge in [0.1, 0.15) is 0 Å². The molecule has 102 valence electrons. The SMILES string of the molecule is CCCN(CC(F)(F)F)CC1(O)CCCCC1. The molecular formula is C12H22F3NO. The van der Waals surface area contributed by atoms with Crippen molar-refractivity contribution >= 4 is 0 Å². The van der Waals surface area contributed by atoms with Gasteiger partial charge in [-0.05, 0) is 25.8 Å². The van der Waals surface area contributed by atoms with Gasteiger partial charge >= 0.3 is 6.18 Å². The number of hydrogen-bond donors (Lipinski definition) is 1. The Labute approximate surface area is 101 Å². The van der Waals surface area contributed by atoms with Gasteiger partial charge in [0.15, 0.2) is 0 Å². The van der Waals surface area contributed by atoms with Crippen molar-refractivity contribution in [2.24, 2.45) is 0 Å². The van der Waals surface area contributed by atoms with E-state index in [2.05, 4.69) is 0 Å². The van der Waals surface area contributed by atoms with Crippen LogP contribution in [0.15, 0.2) is 0 Å². The molecule has 0 aromatic carbocycles. The van der Waals surface area contributed by atoms with Gasteiger partial charge < -0.3 is 5.11 Å². The maximum Gasteiger partial charge on any atom is 0.401 e. The third-order valence-electron chi connectivity index (χ3n) is 3.24. The first kappa shape index (κ1) is 14.8. The fourth-order valence-corrected chi connectivity index (χ4v) is 2.57. The van der Waals surface area contributed by atoms with Crippen molar-refractivity contribution in [2.45, 2.75) is 57.2 Å². The zero-order valence-corrected chi connectivity index (χ0v) is 10.4. The van der Waals surface area contributed by atoms with Crippen LogP contribution in [0.5, 0.6) is 0 Å². The van der Waals surface area contributed by atoms with Crippen LogP contribution in [-0.4, -0.2) is 41.4 Å². The Morgan fingerprint density at radius 3 is 2.24 bits per heavy atom. The molecule has 17 heavy (non-hydrogen) atoms. The summed E-state index contributed by atoms with van der Waals surface area (Å²) in [6.07, 6.45) is 0.669. The molecule has 0 unspecified atom stereocenters. The summed E-state index contributed by atoms with van der Waals surface area (Å²) in [5, 5.41) is 10.3. The zero-order chi connectivity index (χ0) is 12.9. The van der Waals surface area contributed by atoms with Crippen LogP contribution >= 0.6 is 0 Å². The second-order valence-corrected chi connectivity index (χ2v) is 5.11. The predicted octanol–water partition coefficient (Wildman–Crippen LogP) is 2.96. The smallest absolute Gasteiger partial charge is 0.389 e. The summed E-state index contributed by atoms with van der Waals surface area (Å²) in [5.41, 5.74) is -0.904. The Kier molecular flexibility index (Phi) is 5.25. The van der Waals surface area contributed by atoms with E-state index in [0.29, 0.717) is 25.8 Å². The molecule has 1 saturated carbocycles. The van der Waals surface area contributed by atoms with E-state index in [4.69, 9.17) is 0 Å². The van der Waals surface area contributed by atoms with Crippen LogP contribution in [0.4, 0.5) is 13.2 Å². The van der Waals surface area contributed by atoms with E-state index in [1.54, 1.807) is 0 Å². The zero-order valence-electron chi connectivity index (χ0n) is 10.4. The highest BCUT2D eigenvalue weighted by molar-refractivity contribution is 4.86. The fraction of sp³-hybridized carbons (Fsp3) is 1.00. The lowest BCUT2D eigenvalue weighted by atomic mass is 9.84. The third-order valence-corrected chi connectivity index (χ3v) is 3.24. The molecule has 0 heterocycles. The molecule has 1 aliphatic rings. The topological polar surface area (TPSA) is 23.5 Å². The first-order valence-corrected chi connectivity index (χ1v) is 6.36. The standard InChI is InChI=1S/C12H22F3NO/c1-2-8-16(10-12(13,14)15)9-11(17)6-4-3-5-7-11/h17H,2-10H2,1H3. The van der Waals surface area contributed by atoms with Crippen molar-refractivity contribution in [3.05, 3.63) is 0 Å². The number of nitrogens with zero attached hydrogens (tertiary/aromatic N) is 1. The van der Waals surface area contributed by atoms with Gasteiger partial charge in [-0.3, -0.25) is 4.90 Å². The van der Waals surface area contributed by atoms with E-state index in [0.717, 1.165) is 19.3 Å². The summed E-state index contributed by atoms with van der Waals surface area (Å²) in [7, 11) is 0. The highest BCUT2D eigenvalue weighted by atomic mass is 19.4. The molecule has 0 bridgehead atoms.